The van der Waals surface area contributed by atoms with E-state index in [2.05, 4.69) is 32.0 Å². The van der Waals surface area contributed by atoms with Gasteiger partial charge < -0.3 is 15.0 Å². The van der Waals surface area contributed by atoms with E-state index >= 15 is 0 Å². The fourth-order valence-corrected chi connectivity index (χ4v) is 4.65. The van der Waals surface area contributed by atoms with Crippen molar-refractivity contribution in [1.29, 1.82) is 0 Å². The second kappa shape index (κ2) is 5.40. The van der Waals surface area contributed by atoms with Gasteiger partial charge in [-0.3, -0.25) is 4.79 Å². The van der Waals surface area contributed by atoms with Crippen molar-refractivity contribution in [2.75, 3.05) is 36.5 Å². The first-order chi connectivity index (χ1) is 10.3. The van der Waals surface area contributed by atoms with Crippen LogP contribution in [0.15, 0.2) is 16.8 Å². The number of carbonyl (C=O) groups excluding carboxylic acids is 1. The lowest BCUT2D eigenvalue weighted by Crippen LogP contribution is -2.36. The van der Waals surface area contributed by atoms with Gasteiger partial charge in [-0.1, -0.05) is 11.3 Å². The van der Waals surface area contributed by atoms with Gasteiger partial charge >= 0.3 is 0 Å². The van der Waals surface area contributed by atoms with E-state index in [0.29, 0.717) is 6.42 Å². The van der Waals surface area contributed by atoms with Crippen LogP contribution in [0.3, 0.4) is 0 Å². The van der Waals surface area contributed by atoms with E-state index < -0.39 is 0 Å². The summed E-state index contributed by atoms with van der Waals surface area (Å²) in [7, 11) is 0. The molecular weight excluding hydrogens is 306 g/mol. The molecule has 4 heterocycles. The van der Waals surface area contributed by atoms with E-state index in [1.54, 1.807) is 22.7 Å². The van der Waals surface area contributed by atoms with Gasteiger partial charge in [0.2, 0.25) is 5.91 Å². The lowest BCUT2D eigenvalue weighted by atomic mass is 9.94. The van der Waals surface area contributed by atoms with Gasteiger partial charge in [0.1, 0.15) is 5.82 Å². The van der Waals surface area contributed by atoms with E-state index in [9.17, 15) is 4.79 Å². The Morgan fingerprint density at radius 1 is 1.38 bits per heavy atom. The maximum absolute atomic E-state index is 11.9. The second-order valence-corrected chi connectivity index (χ2v) is 6.96. The van der Waals surface area contributed by atoms with Crippen molar-refractivity contribution in [3.63, 3.8) is 0 Å². The van der Waals surface area contributed by atoms with Crippen LogP contribution in [0.2, 0.25) is 0 Å². The first-order valence-corrected chi connectivity index (χ1v) is 8.72. The second-order valence-electron chi connectivity index (χ2n) is 5.17. The molecular formula is C14H15N3O2S2. The van der Waals surface area contributed by atoms with Crippen molar-refractivity contribution in [3.05, 3.63) is 27.3 Å². The molecule has 1 amide bonds. The average Bonchev–Trinajstić information content (AvgIpc) is 3.16. The Bertz CT molecular complexity index is 647. The van der Waals surface area contributed by atoms with Gasteiger partial charge in [0, 0.05) is 25.4 Å². The molecule has 1 fully saturated rings. The molecule has 0 aromatic carbocycles. The third kappa shape index (κ3) is 2.45. The number of nitrogens with one attached hydrogen (secondary N) is 1. The summed E-state index contributed by atoms with van der Waals surface area (Å²) in [6.07, 6.45) is 0.508. The van der Waals surface area contributed by atoms with E-state index in [4.69, 9.17) is 4.74 Å². The molecule has 1 saturated heterocycles. The number of thiazole rings is 1. The van der Waals surface area contributed by atoms with Crippen LogP contribution in [0.25, 0.3) is 0 Å². The summed E-state index contributed by atoms with van der Waals surface area (Å²) in [5, 5.41) is 8.10. The molecule has 2 aliphatic rings. The number of nitrogens with zero attached hydrogens (tertiary/aromatic N) is 2. The summed E-state index contributed by atoms with van der Waals surface area (Å²) in [6, 6.07) is 2.10. The summed E-state index contributed by atoms with van der Waals surface area (Å²) in [6.45, 7) is 3.21. The van der Waals surface area contributed by atoms with Crippen molar-refractivity contribution >= 4 is 39.5 Å². The highest BCUT2D eigenvalue weighted by atomic mass is 32.1. The highest BCUT2D eigenvalue weighted by Gasteiger charge is 2.31. The van der Waals surface area contributed by atoms with Crippen LogP contribution in [0.4, 0.5) is 10.9 Å². The zero-order valence-corrected chi connectivity index (χ0v) is 13.0. The van der Waals surface area contributed by atoms with E-state index in [0.717, 1.165) is 37.3 Å². The summed E-state index contributed by atoms with van der Waals surface area (Å²) in [5.41, 5.74) is 1.22. The highest BCUT2D eigenvalue weighted by Crippen LogP contribution is 2.43. The number of morpholine rings is 1. The Labute approximate surface area is 130 Å². The minimum Gasteiger partial charge on any atom is -0.378 e. The summed E-state index contributed by atoms with van der Waals surface area (Å²) in [5.74, 6) is 0.943. The third-order valence-corrected chi connectivity index (χ3v) is 5.76. The van der Waals surface area contributed by atoms with Gasteiger partial charge in [0.15, 0.2) is 5.13 Å². The van der Waals surface area contributed by atoms with E-state index in [1.807, 2.05) is 0 Å². The summed E-state index contributed by atoms with van der Waals surface area (Å²) in [4.78, 5) is 20.0. The number of amides is 1. The van der Waals surface area contributed by atoms with Gasteiger partial charge in [-0.05, 0) is 22.4 Å². The molecule has 2 aromatic rings. The Morgan fingerprint density at radius 3 is 3.00 bits per heavy atom. The SMILES string of the molecule is O=C1C[C@H](c2ccsc2)c2sc(N3CCOCC3)nc2N1. The molecule has 0 bridgehead atoms. The number of carbonyl (C=O) groups is 1. The lowest BCUT2D eigenvalue weighted by molar-refractivity contribution is -0.116. The zero-order valence-electron chi connectivity index (χ0n) is 11.4. The standard InChI is InChI=1S/C14H15N3O2S2/c18-11-7-10(9-1-6-20-8-9)12-13(15-11)16-14(21-12)17-2-4-19-5-3-17/h1,6,8,10H,2-5,7H2,(H,15,18)/t10-/m1/s1. The molecule has 1 atom stereocenters. The molecule has 21 heavy (non-hydrogen) atoms. The van der Waals surface area contributed by atoms with Crippen LogP contribution < -0.4 is 10.2 Å². The lowest BCUT2D eigenvalue weighted by Gasteiger charge is -2.26. The minimum atomic E-state index is 0.0533. The average molecular weight is 321 g/mol. The van der Waals surface area contributed by atoms with Crippen molar-refractivity contribution in [2.45, 2.75) is 12.3 Å². The molecule has 2 aliphatic heterocycles. The molecule has 1 N–H and O–H groups in total. The molecule has 110 valence electrons. The van der Waals surface area contributed by atoms with Crippen molar-refractivity contribution in [3.8, 4) is 0 Å². The van der Waals surface area contributed by atoms with Crippen LogP contribution in [0.5, 0.6) is 0 Å². The Kier molecular flexibility index (Phi) is 3.40. The monoisotopic (exact) mass is 321 g/mol. The molecule has 2 aromatic heterocycles. The Balaban J connectivity index is 1.70. The smallest absolute Gasteiger partial charge is 0.226 e. The number of fused-ring (bicyclic) bond motifs is 1. The predicted molar refractivity (Wildman–Crippen MR) is 84.6 cm³/mol. The molecule has 0 radical (unpaired) electrons. The van der Waals surface area contributed by atoms with Gasteiger partial charge in [-0.15, -0.1) is 0 Å². The largest absolute Gasteiger partial charge is 0.378 e. The number of hydrogen-bond acceptors (Lipinski definition) is 6. The fraction of sp³-hybridized carbons (Fsp3) is 0.429. The highest BCUT2D eigenvalue weighted by molar-refractivity contribution is 7.16. The van der Waals surface area contributed by atoms with Crippen LogP contribution in [0.1, 0.15) is 22.8 Å². The number of rotatable bonds is 2. The Morgan fingerprint density at radius 2 is 2.24 bits per heavy atom. The maximum atomic E-state index is 11.9. The molecule has 0 unspecified atom stereocenters. The summed E-state index contributed by atoms with van der Waals surface area (Å²) >= 11 is 3.37. The van der Waals surface area contributed by atoms with Gasteiger partial charge in [0.25, 0.3) is 0 Å². The number of hydrogen-bond donors (Lipinski definition) is 1. The normalized spacial score (nSPS) is 22.0. The van der Waals surface area contributed by atoms with Crippen LogP contribution in [-0.2, 0) is 9.53 Å². The number of aromatic nitrogens is 1. The molecule has 0 aliphatic carbocycles. The quantitative estimate of drug-likeness (QED) is 0.923. The third-order valence-electron chi connectivity index (χ3n) is 3.83. The topological polar surface area (TPSA) is 54.5 Å². The molecule has 4 rings (SSSR count). The fourth-order valence-electron chi connectivity index (χ4n) is 2.74. The molecule has 0 spiro atoms. The predicted octanol–water partition coefficient (Wildman–Crippen LogP) is 2.52. The van der Waals surface area contributed by atoms with E-state index in [1.165, 1.54) is 10.4 Å². The first kappa shape index (κ1) is 13.2. The number of ether oxygens (including phenoxy) is 1. The molecule has 5 nitrogen and oxygen atoms in total. The molecule has 7 heteroatoms. The zero-order chi connectivity index (χ0) is 14.2. The van der Waals surface area contributed by atoms with Crippen LogP contribution >= 0.6 is 22.7 Å². The molecule has 0 saturated carbocycles. The summed E-state index contributed by atoms with van der Waals surface area (Å²) < 4.78 is 5.39. The van der Waals surface area contributed by atoms with Crippen molar-refractivity contribution in [2.24, 2.45) is 0 Å². The van der Waals surface area contributed by atoms with Gasteiger partial charge in [-0.25, -0.2) is 4.98 Å². The van der Waals surface area contributed by atoms with Gasteiger partial charge in [0.05, 0.1) is 18.1 Å². The van der Waals surface area contributed by atoms with Crippen molar-refractivity contribution in [1.82, 2.24) is 4.98 Å². The minimum absolute atomic E-state index is 0.0533. The van der Waals surface area contributed by atoms with Crippen molar-refractivity contribution < 1.29 is 9.53 Å². The maximum Gasteiger partial charge on any atom is 0.226 e. The van der Waals surface area contributed by atoms with Crippen LogP contribution in [0, 0.1) is 0 Å². The first-order valence-electron chi connectivity index (χ1n) is 6.96. The van der Waals surface area contributed by atoms with Crippen LogP contribution in [-0.4, -0.2) is 37.2 Å². The Hall–Kier alpha value is -1.44. The number of thiophene rings is 1. The van der Waals surface area contributed by atoms with E-state index in [-0.39, 0.29) is 11.8 Å². The number of anilines is 2. The van der Waals surface area contributed by atoms with Gasteiger partial charge in [-0.2, -0.15) is 11.3 Å².